The van der Waals surface area contributed by atoms with Gasteiger partial charge < -0.3 is 4.74 Å². The van der Waals surface area contributed by atoms with Crippen LogP contribution >= 0.6 is 31.9 Å². The maximum Gasteiger partial charge on any atom is 0.339 e. The molecule has 0 radical (unpaired) electrons. The van der Waals surface area contributed by atoms with Crippen LogP contribution in [0.15, 0.2) is 22.7 Å². The molecule has 3 nitrogen and oxygen atoms in total. The number of carbonyl (C=O) groups is 2. The van der Waals surface area contributed by atoms with Crippen molar-refractivity contribution in [3.8, 4) is 0 Å². The van der Waals surface area contributed by atoms with Crippen LogP contribution in [0.25, 0.3) is 0 Å². The van der Waals surface area contributed by atoms with E-state index in [2.05, 4.69) is 31.9 Å². The maximum atomic E-state index is 11.8. The minimum Gasteiger partial charge on any atom is -0.462 e. The van der Waals surface area contributed by atoms with E-state index in [0.29, 0.717) is 22.2 Å². The Morgan fingerprint density at radius 1 is 1.41 bits per heavy atom. The van der Waals surface area contributed by atoms with Crippen LogP contribution in [0.5, 0.6) is 0 Å². The van der Waals surface area contributed by atoms with E-state index in [1.807, 2.05) is 0 Å². The van der Waals surface area contributed by atoms with Gasteiger partial charge in [-0.3, -0.25) is 4.79 Å². The molecule has 92 valence electrons. The molecule has 0 amide bonds. The number of benzene rings is 1. The molecular weight excluding hydrogens is 352 g/mol. The number of carbonyl (C=O) groups excluding carboxylic acids is 2. The van der Waals surface area contributed by atoms with Crippen LogP contribution in [-0.4, -0.2) is 18.4 Å². The maximum absolute atomic E-state index is 11.8. The number of ketones is 1. The molecule has 0 spiro atoms. The summed E-state index contributed by atoms with van der Waals surface area (Å²) in [5.74, 6) is -0.491. The minimum absolute atomic E-state index is 0.0614. The van der Waals surface area contributed by atoms with Gasteiger partial charge in [-0.1, -0.05) is 28.1 Å². The van der Waals surface area contributed by atoms with Crippen LogP contribution in [0.2, 0.25) is 0 Å². The molecule has 0 saturated heterocycles. The first-order valence-corrected chi connectivity index (χ1v) is 6.80. The summed E-state index contributed by atoms with van der Waals surface area (Å²) in [6.45, 7) is 3.51. The van der Waals surface area contributed by atoms with E-state index in [4.69, 9.17) is 4.74 Å². The summed E-state index contributed by atoms with van der Waals surface area (Å²) in [5.41, 5.74) is 1.01. The molecule has 0 aliphatic heterocycles. The van der Waals surface area contributed by atoms with Crippen LogP contribution in [0.4, 0.5) is 0 Å². The molecule has 0 N–H and O–H groups in total. The Morgan fingerprint density at radius 2 is 2.06 bits per heavy atom. The monoisotopic (exact) mass is 362 g/mol. The standard InChI is InChI=1S/C12H12Br2O3/c1-3-17-12(16)10-8(11(14)7(2)15)5-4-6-9(10)13/h4-6,11H,3H2,1-2H3. The van der Waals surface area contributed by atoms with E-state index in [1.54, 1.807) is 25.1 Å². The predicted octanol–water partition coefficient (Wildman–Crippen LogP) is 3.65. The van der Waals surface area contributed by atoms with Crippen LogP contribution in [0.3, 0.4) is 0 Å². The highest BCUT2D eigenvalue weighted by molar-refractivity contribution is 9.10. The first-order valence-electron chi connectivity index (χ1n) is 5.09. The highest BCUT2D eigenvalue weighted by Gasteiger charge is 2.23. The molecule has 0 aliphatic carbocycles. The van der Waals surface area contributed by atoms with Crippen molar-refractivity contribution in [2.24, 2.45) is 0 Å². The summed E-state index contributed by atoms with van der Waals surface area (Å²) in [5, 5.41) is 0. The third-order valence-corrected chi connectivity index (χ3v) is 3.95. The molecule has 17 heavy (non-hydrogen) atoms. The number of hydrogen-bond acceptors (Lipinski definition) is 3. The van der Waals surface area contributed by atoms with E-state index in [0.717, 1.165) is 0 Å². The quantitative estimate of drug-likeness (QED) is 0.605. The van der Waals surface area contributed by atoms with Gasteiger partial charge in [-0.15, -0.1) is 0 Å². The summed E-state index contributed by atoms with van der Waals surface area (Å²) in [6, 6.07) is 5.26. The van der Waals surface area contributed by atoms with E-state index in [1.165, 1.54) is 6.92 Å². The number of halogens is 2. The van der Waals surface area contributed by atoms with Gasteiger partial charge in [0.2, 0.25) is 0 Å². The zero-order chi connectivity index (χ0) is 13.0. The highest BCUT2D eigenvalue weighted by atomic mass is 79.9. The average molecular weight is 364 g/mol. The first-order chi connectivity index (χ1) is 7.99. The van der Waals surface area contributed by atoms with Gasteiger partial charge in [-0.25, -0.2) is 4.79 Å². The Hall–Kier alpha value is -0.680. The van der Waals surface area contributed by atoms with Crippen molar-refractivity contribution in [3.63, 3.8) is 0 Å². The Labute approximate surface area is 117 Å². The Bertz CT molecular complexity index is 443. The lowest BCUT2D eigenvalue weighted by Gasteiger charge is -2.13. The summed E-state index contributed by atoms with van der Waals surface area (Å²) in [7, 11) is 0. The van der Waals surface area contributed by atoms with Gasteiger partial charge in [0.15, 0.2) is 0 Å². The molecule has 5 heteroatoms. The smallest absolute Gasteiger partial charge is 0.339 e. The number of rotatable bonds is 4. The normalized spacial score (nSPS) is 12.0. The zero-order valence-electron chi connectivity index (χ0n) is 9.50. The molecule has 1 aromatic rings. The molecule has 0 heterocycles. The number of alkyl halides is 1. The molecule has 0 aliphatic rings. The fraction of sp³-hybridized carbons (Fsp3) is 0.333. The average Bonchev–Trinajstić information content (AvgIpc) is 2.27. The van der Waals surface area contributed by atoms with E-state index in [-0.39, 0.29) is 5.78 Å². The minimum atomic E-state index is -0.501. The molecular formula is C12H12Br2O3. The van der Waals surface area contributed by atoms with Crippen molar-refractivity contribution in [1.82, 2.24) is 0 Å². The lowest BCUT2D eigenvalue weighted by Crippen LogP contribution is -2.12. The predicted molar refractivity (Wildman–Crippen MR) is 72.4 cm³/mol. The molecule has 1 atom stereocenters. The van der Waals surface area contributed by atoms with Crippen molar-refractivity contribution in [3.05, 3.63) is 33.8 Å². The van der Waals surface area contributed by atoms with Crippen LogP contribution < -0.4 is 0 Å². The number of ether oxygens (including phenoxy) is 1. The zero-order valence-corrected chi connectivity index (χ0v) is 12.7. The highest BCUT2D eigenvalue weighted by Crippen LogP contribution is 2.31. The van der Waals surface area contributed by atoms with Crippen molar-refractivity contribution in [2.45, 2.75) is 18.7 Å². The van der Waals surface area contributed by atoms with Crippen molar-refractivity contribution in [2.75, 3.05) is 6.61 Å². The van der Waals surface area contributed by atoms with Gasteiger partial charge in [-0.05, 0) is 41.4 Å². The van der Waals surface area contributed by atoms with E-state index < -0.39 is 10.8 Å². The van der Waals surface area contributed by atoms with Gasteiger partial charge in [0.05, 0.1) is 17.0 Å². The Kier molecular flexibility index (Phi) is 5.33. The summed E-state index contributed by atoms with van der Waals surface area (Å²) < 4.78 is 5.60. The van der Waals surface area contributed by atoms with E-state index >= 15 is 0 Å². The molecule has 1 unspecified atom stereocenters. The second kappa shape index (κ2) is 6.31. The number of Topliss-reactive ketones (excluding diaryl/α,β-unsaturated/α-hetero) is 1. The SMILES string of the molecule is CCOC(=O)c1c(Br)cccc1C(Br)C(C)=O. The van der Waals surface area contributed by atoms with Gasteiger partial charge in [-0.2, -0.15) is 0 Å². The second-order valence-electron chi connectivity index (χ2n) is 3.40. The number of esters is 1. The molecule has 0 aromatic heterocycles. The van der Waals surface area contributed by atoms with Gasteiger partial charge in [0.25, 0.3) is 0 Å². The largest absolute Gasteiger partial charge is 0.462 e. The number of hydrogen-bond donors (Lipinski definition) is 0. The summed E-state index contributed by atoms with van der Waals surface area (Å²) in [4.78, 5) is 22.7. The van der Waals surface area contributed by atoms with Crippen LogP contribution in [0.1, 0.15) is 34.6 Å². The van der Waals surface area contributed by atoms with Gasteiger partial charge in [0, 0.05) is 4.47 Å². The van der Waals surface area contributed by atoms with Crippen LogP contribution in [0, 0.1) is 0 Å². The van der Waals surface area contributed by atoms with E-state index in [9.17, 15) is 9.59 Å². The molecule has 0 saturated carbocycles. The lowest BCUT2D eigenvalue weighted by atomic mass is 10.0. The topological polar surface area (TPSA) is 43.4 Å². The molecule has 0 bridgehead atoms. The molecule has 1 aromatic carbocycles. The molecule has 1 rings (SSSR count). The fourth-order valence-electron chi connectivity index (χ4n) is 1.39. The molecule has 0 fully saturated rings. The third kappa shape index (κ3) is 3.39. The van der Waals surface area contributed by atoms with Gasteiger partial charge in [0.1, 0.15) is 5.78 Å². The van der Waals surface area contributed by atoms with Crippen molar-refractivity contribution in [1.29, 1.82) is 0 Å². The van der Waals surface area contributed by atoms with Crippen molar-refractivity contribution < 1.29 is 14.3 Å². The van der Waals surface area contributed by atoms with Crippen LogP contribution in [-0.2, 0) is 9.53 Å². The second-order valence-corrected chi connectivity index (χ2v) is 5.17. The van der Waals surface area contributed by atoms with Crippen molar-refractivity contribution >= 4 is 43.6 Å². The fourth-order valence-corrected chi connectivity index (χ4v) is 2.31. The summed E-state index contributed by atoms with van der Waals surface area (Å²) in [6.07, 6.45) is 0. The lowest BCUT2D eigenvalue weighted by molar-refractivity contribution is -0.116. The Morgan fingerprint density at radius 3 is 2.59 bits per heavy atom. The van der Waals surface area contributed by atoms with Gasteiger partial charge >= 0.3 is 5.97 Å². The third-order valence-electron chi connectivity index (χ3n) is 2.16. The first kappa shape index (κ1) is 14.4. The summed E-state index contributed by atoms with van der Waals surface area (Å²) >= 11 is 6.58. The Balaban J connectivity index is 3.26.